The number of hydrogen-bond acceptors (Lipinski definition) is 8. The van der Waals surface area contributed by atoms with Gasteiger partial charge in [0.25, 0.3) is 0 Å². The molecule has 0 heterocycles. The van der Waals surface area contributed by atoms with Crippen LogP contribution in [0, 0.1) is 16.7 Å². The van der Waals surface area contributed by atoms with Gasteiger partial charge in [0, 0.05) is 10.8 Å². The Morgan fingerprint density at radius 2 is 1.52 bits per heavy atom. The van der Waals surface area contributed by atoms with Crippen LogP contribution in [0.25, 0.3) is 0 Å². The Balaban J connectivity index is 4.84. The van der Waals surface area contributed by atoms with E-state index in [1.165, 1.54) is 0 Å². The Bertz CT molecular complexity index is 609. The Morgan fingerprint density at radius 3 is 2.03 bits per heavy atom. The van der Waals surface area contributed by atoms with Gasteiger partial charge in [-0.2, -0.15) is 0 Å². The van der Waals surface area contributed by atoms with Gasteiger partial charge in [-0.05, 0) is 46.0 Å². The molecule has 9 heteroatoms. The van der Waals surface area contributed by atoms with Crippen molar-refractivity contribution < 1.29 is 38.6 Å². The normalized spacial score (nSPS) is 17.5. The lowest BCUT2D eigenvalue weighted by Crippen LogP contribution is -2.40. The standard InChI is InChI=1S/C24H46O8S/c1-7-10-11-18(8-2)13-31-22(29)24(6,9-3)17-23(4,5)21(28)32-14-20(27)16-33(30)15-19(26)12-25/h18-20,25-27H,7-17H2,1-6H3. The molecule has 0 saturated carbocycles. The Morgan fingerprint density at radius 1 is 0.939 bits per heavy atom. The number of ether oxygens (including phenoxy) is 2. The summed E-state index contributed by atoms with van der Waals surface area (Å²) in [4.78, 5) is 25.6. The van der Waals surface area contributed by atoms with Crippen LogP contribution in [0.5, 0.6) is 0 Å². The number of aliphatic hydroxyl groups is 3. The van der Waals surface area contributed by atoms with Crippen LogP contribution < -0.4 is 0 Å². The number of hydrogen-bond donors (Lipinski definition) is 3. The molecule has 196 valence electrons. The van der Waals surface area contributed by atoms with Gasteiger partial charge in [0.15, 0.2) is 0 Å². The lowest BCUT2D eigenvalue weighted by Gasteiger charge is -2.34. The number of aliphatic hydroxyl groups excluding tert-OH is 3. The zero-order valence-electron chi connectivity index (χ0n) is 21.3. The fourth-order valence-electron chi connectivity index (χ4n) is 3.62. The van der Waals surface area contributed by atoms with E-state index in [-0.39, 0.29) is 30.5 Å². The van der Waals surface area contributed by atoms with Crippen molar-refractivity contribution in [2.75, 3.05) is 31.3 Å². The fraction of sp³-hybridized carbons (Fsp3) is 0.917. The zero-order valence-corrected chi connectivity index (χ0v) is 22.1. The first-order valence-corrected chi connectivity index (χ1v) is 13.5. The van der Waals surface area contributed by atoms with Crippen molar-refractivity contribution in [3.8, 4) is 0 Å². The summed E-state index contributed by atoms with van der Waals surface area (Å²) in [7, 11) is -1.56. The van der Waals surface area contributed by atoms with Crippen molar-refractivity contribution in [1.29, 1.82) is 0 Å². The first kappa shape index (κ1) is 32.0. The molecule has 0 spiro atoms. The van der Waals surface area contributed by atoms with E-state index in [0.29, 0.717) is 18.9 Å². The second kappa shape index (κ2) is 15.8. The molecule has 5 atom stereocenters. The highest BCUT2D eigenvalue weighted by Crippen LogP contribution is 2.38. The van der Waals surface area contributed by atoms with E-state index in [2.05, 4.69) is 13.8 Å². The minimum atomic E-state index is -1.56. The third kappa shape index (κ3) is 12.3. The summed E-state index contributed by atoms with van der Waals surface area (Å²) < 4.78 is 22.7. The molecule has 0 radical (unpaired) electrons. The highest BCUT2D eigenvalue weighted by atomic mass is 32.2. The maximum absolute atomic E-state index is 12.9. The maximum Gasteiger partial charge on any atom is 0.311 e. The first-order chi connectivity index (χ1) is 15.3. The van der Waals surface area contributed by atoms with E-state index in [1.54, 1.807) is 20.8 Å². The van der Waals surface area contributed by atoms with Gasteiger partial charge in [-0.15, -0.1) is 0 Å². The van der Waals surface area contributed by atoms with Crippen molar-refractivity contribution >= 4 is 22.7 Å². The third-order valence-corrected chi connectivity index (χ3v) is 7.54. The van der Waals surface area contributed by atoms with Crippen LogP contribution in [0.3, 0.4) is 0 Å². The largest absolute Gasteiger partial charge is 0.465 e. The van der Waals surface area contributed by atoms with E-state index in [1.807, 2.05) is 6.92 Å². The molecular weight excluding hydrogens is 448 g/mol. The summed E-state index contributed by atoms with van der Waals surface area (Å²) in [6, 6.07) is 0. The van der Waals surface area contributed by atoms with Crippen molar-refractivity contribution in [2.45, 2.75) is 92.3 Å². The van der Waals surface area contributed by atoms with Crippen LogP contribution >= 0.6 is 0 Å². The van der Waals surface area contributed by atoms with Gasteiger partial charge in [0.05, 0.1) is 47.8 Å². The topological polar surface area (TPSA) is 130 Å². The quantitative estimate of drug-likeness (QED) is 0.248. The minimum Gasteiger partial charge on any atom is -0.465 e. The third-order valence-electron chi connectivity index (χ3n) is 6.03. The van der Waals surface area contributed by atoms with Crippen LogP contribution in [0.4, 0.5) is 0 Å². The number of rotatable bonds is 18. The van der Waals surface area contributed by atoms with Gasteiger partial charge in [-0.25, -0.2) is 0 Å². The number of carbonyl (C=O) groups is 2. The van der Waals surface area contributed by atoms with Crippen LogP contribution in [0.2, 0.25) is 0 Å². The molecule has 0 bridgehead atoms. The van der Waals surface area contributed by atoms with E-state index < -0.39 is 46.4 Å². The second-order valence-electron chi connectivity index (χ2n) is 9.85. The molecular formula is C24H46O8S. The molecule has 3 N–H and O–H groups in total. The van der Waals surface area contributed by atoms with E-state index in [9.17, 15) is 24.0 Å². The summed E-state index contributed by atoms with van der Waals surface area (Å²) in [5, 5.41) is 28.1. The van der Waals surface area contributed by atoms with Gasteiger partial charge in [-0.3, -0.25) is 13.8 Å². The predicted octanol–water partition coefficient (Wildman–Crippen LogP) is 2.58. The van der Waals surface area contributed by atoms with Gasteiger partial charge >= 0.3 is 11.9 Å². The Labute approximate surface area is 201 Å². The smallest absolute Gasteiger partial charge is 0.311 e. The van der Waals surface area contributed by atoms with Crippen LogP contribution in [0.15, 0.2) is 0 Å². The van der Waals surface area contributed by atoms with Gasteiger partial charge < -0.3 is 24.8 Å². The lowest BCUT2D eigenvalue weighted by atomic mass is 9.72. The monoisotopic (exact) mass is 494 g/mol. The van der Waals surface area contributed by atoms with Crippen LogP contribution in [0.1, 0.15) is 80.1 Å². The average molecular weight is 495 g/mol. The van der Waals surface area contributed by atoms with Crippen molar-refractivity contribution in [2.24, 2.45) is 16.7 Å². The fourth-order valence-corrected chi connectivity index (χ4v) is 4.82. The minimum absolute atomic E-state index is 0.165. The van der Waals surface area contributed by atoms with Crippen LogP contribution in [-0.2, 0) is 29.9 Å². The molecule has 0 aliphatic rings. The SMILES string of the molecule is CCCCC(CC)COC(=O)C(C)(CC)CC(C)(C)C(=O)OCC(O)CS(=O)CC(O)CO. The molecule has 5 unspecified atom stereocenters. The number of esters is 2. The van der Waals surface area contributed by atoms with E-state index >= 15 is 0 Å². The highest BCUT2D eigenvalue weighted by molar-refractivity contribution is 7.85. The van der Waals surface area contributed by atoms with E-state index in [0.717, 1.165) is 25.7 Å². The van der Waals surface area contributed by atoms with Gasteiger partial charge in [0.2, 0.25) is 0 Å². The van der Waals surface area contributed by atoms with Gasteiger partial charge in [0.1, 0.15) is 6.61 Å². The first-order valence-electron chi connectivity index (χ1n) is 12.0. The zero-order chi connectivity index (χ0) is 25.7. The Kier molecular flexibility index (Phi) is 15.3. The van der Waals surface area contributed by atoms with Crippen LogP contribution in [-0.4, -0.2) is 75.0 Å². The van der Waals surface area contributed by atoms with Crippen molar-refractivity contribution in [1.82, 2.24) is 0 Å². The summed E-state index contributed by atoms with van der Waals surface area (Å²) in [6.45, 7) is 10.8. The molecule has 0 fully saturated rings. The maximum atomic E-state index is 12.9. The Hall–Kier alpha value is -1.03. The molecule has 0 aromatic carbocycles. The van der Waals surface area contributed by atoms with E-state index in [4.69, 9.17) is 14.6 Å². The summed E-state index contributed by atoms with van der Waals surface area (Å²) in [5.74, 6) is -0.899. The molecule has 0 aromatic rings. The second-order valence-corrected chi connectivity index (χ2v) is 11.4. The summed E-state index contributed by atoms with van der Waals surface area (Å²) in [5.41, 5.74) is -1.85. The highest BCUT2D eigenvalue weighted by Gasteiger charge is 2.43. The molecule has 0 aliphatic heterocycles. The molecule has 0 aromatic heterocycles. The van der Waals surface area contributed by atoms with Crippen molar-refractivity contribution in [3.05, 3.63) is 0 Å². The number of carbonyl (C=O) groups excluding carboxylic acids is 2. The molecule has 8 nitrogen and oxygen atoms in total. The average Bonchev–Trinajstić information content (AvgIpc) is 2.76. The summed E-state index contributed by atoms with van der Waals surface area (Å²) in [6.07, 6.45) is 2.61. The van der Waals surface area contributed by atoms with Crippen molar-refractivity contribution in [3.63, 3.8) is 0 Å². The molecule has 0 saturated heterocycles. The molecule has 33 heavy (non-hydrogen) atoms. The molecule has 0 rings (SSSR count). The molecule has 0 aliphatic carbocycles. The number of unbranched alkanes of at least 4 members (excludes halogenated alkanes) is 1. The summed E-state index contributed by atoms with van der Waals surface area (Å²) >= 11 is 0. The lowest BCUT2D eigenvalue weighted by molar-refractivity contribution is -0.165. The molecule has 0 amide bonds. The van der Waals surface area contributed by atoms with Gasteiger partial charge in [-0.1, -0.05) is 40.0 Å². The predicted molar refractivity (Wildman–Crippen MR) is 129 cm³/mol.